The highest BCUT2D eigenvalue weighted by molar-refractivity contribution is 5.96. The van der Waals surface area contributed by atoms with Crippen molar-refractivity contribution in [1.29, 1.82) is 5.26 Å². The van der Waals surface area contributed by atoms with Crippen molar-refractivity contribution in [3.8, 4) is 6.07 Å². The average Bonchev–Trinajstić information content (AvgIpc) is 3.12. The van der Waals surface area contributed by atoms with Gasteiger partial charge in [0.15, 0.2) is 0 Å². The van der Waals surface area contributed by atoms with Crippen LogP contribution in [-0.2, 0) is 17.9 Å². The van der Waals surface area contributed by atoms with E-state index in [1.54, 1.807) is 6.08 Å². The number of rotatable bonds is 10. The Labute approximate surface area is 178 Å². The van der Waals surface area contributed by atoms with Crippen LogP contribution in [0.25, 0.3) is 17.0 Å². The van der Waals surface area contributed by atoms with Gasteiger partial charge in [0, 0.05) is 48.4 Å². The van der Waals surface area contributed by atoms with Gasteiger partial charge in [0.1, 0.15) is 0 Å². The molecule has 2 aromatic carbocycles. The number of carbonyl (C=O) groups is 1. The predicted molar refractivity (Wildman–Crippen MR) is 122 cm³/mol. The summed E-state index contributed by atoms with van der Waals surface area (Å²) < 4.78 is 2.07. The van der Waals surface area contributed by atoms with E-state index in [-0.39, 0.29) is 5.91 Å². The van der Waals surface area contributed by atoms with Gasteiger partial charge in [0.2, 0.25) is 5.91 Å². The first-order valence-electron chi connectivity index (χ1n) is 10.3. The fraction of sp³-hybridized carbons (Fsp3) is 0.280. The second kappa shape index (κ2) is 11.0. The molecule has 0 saturated carbocycles. The van der Waals surface area contributed by atoms with Crippen LogP contribution in [0.5, 0.6) is 0 Å². The largest absolute Gasteiger partial charge is 0.353 e. The van der Waals surface area contributed by atoms with Crippen molar-refractivity contribution >= 4 is 22.9 Å². The van der Waals surface area contributed by atoms with Crippen LogP contribution < -0.4 is 5.32 Å². The number of aryl methyl sites for hydroxylation is 1. The summed E-state index contributed by atoms with van der Waals surface area (Å²) in [6, 6.07) is 20.6. The van der Waals surface area contributed by atoms with Gasteiger partial charge >= 0.3 is 0 Å². The smallest absolute Gasteiger partial charge is 0.244 e. The first-order chi connectivity index (χ1) is 14.7. The molecular weight excluding hydrogens is 372 g/mol. The van der Waals surface area contributed by atoms with Crippen molar-refractivity contribution in [3.05, 3.63) is 78.0 Å². The number of amides is 1. The number of aromatic nitrogens is 1. The van der Waals surface area contributed by atoms with Crippen LogP contribution in [0.2, 0.25) is 0 Å². The molecule has 1 aromatic heterocycles. The van der Waals surface area contributed by atoms with E-state index in [0.29, 0.717) is 19.5 Å². The third-order valence-corrected chi connectivity index (χ3v) is 5.01. The van der Waals surface area contributed by atoms with Gasteiger partial charge in [0.05, 0.1) is 12.5 Å². The minimum Gasteiger partial charge on any atom is -0.353 e. The normalized spacial score (nSPS) is 11.2. The zero-order chi connectivity index (χ0) is 21.2. The number of fused-ring (bicyclic) bond motifs is 1. The number of carbonyl (C=O) groups excluding carboxylic acids is 1. The first kappa shape index (κ1) is 21.4. The zero-order valence-electron chi connectivity index (χ0n) is 17.4. The molecule has 0 fully saturated rings. The monoisotopic (exact) mass is 400 g/mol. The van der Waals surface area contributed by atoms with Gasteiger partial charge in [-0.3, -0.25) is 4.79 Å². The van der Waals surface area contributed by atoms with E-state index in [1.807, 2.05) is 42.6 Å². The van der Waals surface area contributed by atoms with E-state index in [1.165, 1.54) is 5.56 Å². The van der Waals surface area contributed by atoms with Crippen LogP contribution in [0.3, 0.4) is 0 Å². The molecule has 1 N–H and O–H groups in total. The lowest BCUT2D eigenvalue weighted by molar-refractivity contribution is -0.116. The van der Waals surface area contributed by atoms with E-state index < -0.39 is 0 Å². The van der Waals surface area contributed by atoms with Crippen LogP contribution in [0, 0.1) is 11.3 Å². The second-order valence-corrected chi connectivity index (χ2v) is 7.40. The second-order valence-electron chi connectivity index (χ2n) is 7.40. The standard InChI is InChI=1S/C25H28N4O/c1-28(19-21-9-3-2-4-10-21)17-8-16-27-25(30)14-13-22-20-29(18-7-15-26)24-12-6-5-11-23(22)24/h2-6,9-14,20H,7-8,16-19H2,1H3,(H,27,30)/b14-13+. The van der Waals surface area contributed by atoms with E-state index in [2.05, 4.69) is 52.2 Å². The van der Waals surface area contributed by atoms with E-state index in [4.69, 9.17) is 5.26 Å². The van der Waals surface area contributed by atoms with E-state index >= 15 is 0 Å². The highest BCUT2D eigenvalue weighted by Crippen LogP contribution is 2.22. The Kier molecular flexibility index (Phi) is 7.82. The van der Waals surface area contributed by atoms with Crippen LogP contribution in [0.15, 0.2) is 66.9 Å². The third-order valence-electron chi connectivity index (χ3n) is 5.01. The minimum absolute atomic E-state index is 0.0884. The van der Waals surface area contributed by atoms with Gasteiger partial charge < -0.3 is 14.8 Å². The Bertz CT molecular complexity index is 1030. The molecule has 154 valence electrons. The molecule has 30 heavy (non-hydrogen) atoms. The van der Waals surface area contributed by atoms with Crippen molar-refractivity contribution in [2.75, 3.05) is 20.1 Å². The maximum Gasteiger partial charge on any atom is 0.244 e. The highest BCUT2D eigenvalue weighted by Gasteiger charge is 2.06. The molecule has 0 bridgehead atoms. The lowest BCUT2D eigenvalue weighted by Crippen LogP contribution is -2.26. The Balaban J connectivity index is 1.47. The minimum atomic E-state index is -0.0884. The number of nitrogens with one attached hydrogen (secondary N) is 1. The van der Waals surface area contributed by atoms with Gasteiger partial charge in [-0.25, -0.2) is 0 Å². The van der Waals surface area contributed by atoms with E-state index in [0.717, 1.165) is 36.0 Å². The number of hydrogen-bond acceptors (Lipinski definition) is 3. The fourth-order valence-corrected chi connectivity index (χ4v) is 3.52. The van der Waals surface area contributed by atoms with Crippen molar-refractivity contribution in [1.82, 2.24) is 14.8 Å². The number of benzene rings is 2. The predicted octanol–water partition coefficient (Wildman–Crippen LogP) is 4.21. The molecule has 3 rings (SSSR count). The van der Waals surface area contributed by atoms with Gasteiger partial charge in [-0.05, 0) is 37.7 Å². The van der Waals surface area contributed by atoms with Crippen LogP contribution in [0.1, 0.15) is 24.0 Å². The summed E-state index contributed by atoms with van der Waals surface area (Å²) in [6.07, 6.45) is 6.80. The third kappa shape index (κ3) is 6.07. The Morgan fingerprint density at radius 3 is 2.73 bits per heavy atom. The number of nitriles is 1. The maximum absolute atomic E-state index is 12.2. The van der Waals surface area contributed by atoms with Crippen molar-refractivity contribution < 1.29 is 4.79 Å². The molecule has 3 aromatic rings. The first-order valence-corrected chi connectivity index (χ1v) is 10.3. The average molecular weight is 401 g/mol. The molecule has 0 atom stereocenters. The van der Waals surface area contributed by atoms with E-state index in [9.17, 15) is 4.79 Å². The summed E-state index contributed by atoms with van der Waals surface area (Å²) in [5.41, 5.74) is 3.36. The van der Waals surface area contributed by atoms with Crippen molar-refractivity contribution in [2.24, 2.45) is 0 Å². The zero-order valence-corrected chi connectivity index (χ0v) is 17.4. The number of hydrogen-bond donors (Lipinski definition) is 1. The summed E-state index contributed by atoms with van der Waals surface area (Å²) in [7, 11) is 2.09. The molecular formula is C25H28N4O. The van der Waals surface area contributed by atoms with Gasteiger partial charge in [-0.15, -0.1) is 0 Å². The Morgan fingerprint density at radius 1 is 1.17 bits per heavy atom. The topological polar surface area (TPSA) is 61.1 Å². The molecule has 1 heterocycles. The summed E-state index contributed by atoms with van der Waals surface area (Å²) in [5.74, 6) is -0.0884. The molecule has 1 amide bonds. The fourth-order valence-electron chi connectivity index (χ4n) is 3.52. The number of nitrogens with zero attached hydrogens (tertiary/aromatic N) is 3. The maximum atomic E-state index is 12.2. The number of para-hydroxylation sites is 1. The molecule has 0 saturated heterocycles. The van der Waals surface area contributed by atoms with Gasteiger partial charge in [0.25, 0.3) is 0 Å². The van der Waals surface area contributed by atoms with Gasteiger partial charge in [-0.2, -0.15) is 5.26 Å². The summed E-state index contributed by atoms with van der Waals surface area (Å²) >= 11 is 0. The molecule has 5 nitrogen and oxygen atoms in total. The Morgan fingerprint density at radius 2 is 1.93 bits per heavy atom. The molecule has 0 aliphatic carbocycles. The van der Waals surface area contributed by atoms with Crippen LogP contribution in [0.4, 0.5) is 0 Å². The molecule has 0 unspecified atom stereocenters. The summed E-state index contributed by atoms with van der Waals surface area (Å²) in [5, 5.41) is 12.9. The molecule has 0 aliphatic heterocycles. The van der Waals surface area contributed by atoms with Gasteiger partial charge in [-0.1, -0.05) is 48.5 Å². The summed E-state index contributed by atoms with van der Waals surface area (Å²) in [4.78, 5) is 14.5. The van der Waals surface area contributed by atoms with Crippen LogP contribution in [-0.4, -0.2) is 35.5 Å². The SMILES string of the molecule is CN(CCCNC(=O)/C=C/c1cn(CCC#N)c2ccccc12)Cc1ccccc1. The quantitative estimate of drug-likeness (QED) is 0.410. The molecule has 5 heteroatoms. The molecule has 0 aliphatic rings. The van der Waals surface area contributed by atoms with Crippen LogP contribution >= 0.6 is 0 Å². The van der Waals surface area contributed by atoms with Crippen molar-refractivity contribution in [3.63, 3.8) is 0 Å². The lowest BCUT2D eigenvalue weighted by atomic mass is 10.1. The molecule has 0 radical (unpaired) electrons. The highest BCUT2D eigenvalue weighted by atomic mass is 16.1. The Hall–Kier alpha value is -3.36. The molecule has 0 spiro atoms. The summed E-state index contributed by atoms with van der Waals surface area (Å²) in [6.45, 7) is 3.12. The lowest BCUT2D eigenvalue weighted by Gasteiger charge is -2.16. The van der Waals surface area contributed by atoms with Crippen molar-refractivity contribution in [2.45, 2.75) is 25.9 Å².